The number of amides is 1. The van der Waals surface area contributed by atoms with Crippen LogP contribution in [0.3, 0.4) is 0 Å². The van der Waals surface area contributed by atoms with Gasteiger partial charge in [-0.1, -0.05) is 56.1 Å². The van der Waals surface area contributed by atoms with E-state index in [1.165, 1.54) is 5.56 Å². The Kier molecular flexibility index (Phi) is 6.54. The van der Waals surface area contributed by atoms with E-state index in [1.54, 1.807) is 11.0 Å². The summed E-state index contributed by atoms with van der Waals surface area (Å²) in [7, 11) is 0. The average Bonchev–Trinajstić information content (AvgIpc) is 2.65. The second kappa shape index (κ2) is 8.73. The Morgan fingerprint density at radius 1 is 1.14 bits per heavy atom. The predicted octanol–water partition coefficient (Wildman–Crippen LogP) is 5.27. The number of carbonyl (C=O) groups is 1. The molecule has 1 aliphatic heterocycles. The number of hydrogen-bond acceptors (Lipinski definition) is 3. The van der Waals surface area contributed by atoms with Crippen molar-refractivity contribution in [3.63, 3.8) is 0 Å². The van der Waals surface area contributed by atoms with Gasteiger partial charge in [0.05, 0.1) is 13.2 Å². The molecular weight excluding hydrogens is 397 g/mol. The molecule has 2 aromatic rings. The van der Waals surface area contributed by atoms with Gasteiger partial charge in [-0.2, -0.15) is 0 Å². The van der Waals surface area contributed by atoms with Gasteiger partial charge in [0.15, 0.2) is 6.61 Å². The molecule has 0 N–H and O–H groups in total. The van der Waals surface area contributed by atoms with Gasteiger partial charge >= 0.3 is 0 Å². The molecule has 4 nitrogen and oxygen atoms in total. The van der Waals surface area contributed by atoms with E-state index >= 15 is 0 Å². The third kappa shape index (κ3) is 5.40. The third-order valence-corrected chi connectivity index (χ3v) is 5.19. The Bertz CT molecular complexity index is 810. The van der Waals surface area contributed by atoms with E-state index in [4.69, 9.17) is 32.7 Å². The van der Waals surface area contributed by atoms with Crippen molar-refractivity contribution < 1.29 is 14.3 Å². The van der Waals surface area contributed by atoms with Crippen molar-refractivity contribution in [3.8, 4) is 5.75 Å². The van der Waals surface area contributed by atoms with Crippen LogP contribution in [0.4, 0.5) is 0 Å². The normalized spacial score (nSPS) is 17.5. The third-order valence-electron chi connectivity index (χ3n) is 4.76. The molecule has 150 valence electrons. The van der Waals surface area contributed by atoms with Crippen LogP contribution in [0, 0.1) is 0 Å². The fourth-order valence-electron chi connectivity index (χ4n) is 3.13. The van der Waals surface area contributed by atoms with Gasteiger partial charge in [-0.15, -0.1) is 0 Å². The molecule has 1 fully saturated rings. The number of carbonyl (C=O) groups excluding carboxylic acids is 1. The maximum Gasteiger partial charge on any atom is 0.260 e. The first-order valence-electron chi connectivity index (χ1n) is 9.31. The van der Waals surface area contributed by atoms with Crippen LogP contribution in [-0.2, 0) is 14.9 Å². The molecule has 2 aromatic carbocycles. The van der Waals surface area contributed by atoms with Crippen molar-refractivity contribution in [1.82, 2.24) is 4.90 Å². The van der Waals surface area contributed by atoms with Crippen LogP contribution in [0.1, 0.15) is 38.0 Å². The Morgan fingerprint density at radius 3 is 2.39 bits per heavy atom. The highest BCUT2D eigenvalue weighted by molar-refractivity contribution is 6.34. The van der Waals surface area contributed by atoms with E-state index in [2.05, 4.69) is 20.8 Å². The highest BCUT2D eigenvalue weighted by Gasteiger charge is 2.26. The first-order chi connectivity index (χ1) is 13.2. The van der Waals surface area contributed by atoms with Crippen LogP contribution < -0.4 is 4.74 Å². The van der Waals surface area contributed by atoms with Gasteiger partial charge in [-0.25, -0.2) is 0 Å². The molecule has 1 aliphatic rings. The van der Waals surface area contributed by atoms with E-state index < -0.39 is 0 Å². The standard InChI is InChI=1S/C22H25Cl2NO3/c1-22(2,3)16-4-6-19(7-5-16)28-14-21(26)25-8-9-27-20(13-25)15-10-17(23)12-18(24)11-15/h4-7,10-12,20H,8-9,13-14H2,1-3H3. The Balaban J connectivity index is 1.58. The summed E-state index contributed by atoms with van der Waals surface area (Å²) in [4.78, 5) is 14.4. The van der Waals surface area contributed by atoms with Crippen LogP contribution in [0.2, 0.25) is 10.0 Å². The first kappa shape index (κ1) is 21.0. The van der Waals surface area contributed by atoms with Gasteiger partial charge in [0.1, 0.15) is 11.9 Å². The molecular formula is C22H25Cl2NO3. The van der Waals surface area contributed by atoms with Crippen molar-refractivity contribution in [2.75, 3.05) is 26.3 Å². The number of morpholine rings is 1. The number of hydrogen-bond donors (Lipinski definition) is 0. The van der Waals surface area contributed by atoms with Gasteiger partial charge in [0.2, 0.25) is 0 Å². The smallest absolute Gasteiger partial charge is 0.260 e. The highest BCUT2D eigenvalue weighted by Crippen LogP contribution is 2.28. The van der Waals surface area contributed by atoms with Gasteiger partial charge in [0.25, 0.3) is 5.91 Å². The minimum Gasteiger partial charge on any atom is -0.484 e. The summed E-state index contributed by atoms with van der Waals surface area (Å²) in [5, 5.41) is 1.10. The van der Waals surface area contributed by atoms with Gasteiger partial charge in [0, 0.05) is 16.6 Å². The molecule has 0 bridgehead atoms. The van der Waals surface area contributed by atoms with Crippen LogP contribution in [0.5, 0.6) is 5.75 Å². The molecule has 6 heteroatoms. The summed E-state index contributed by atoms with van der Waals surface area (Å²) >= 11 is 12.2. The number of nitrogens with zero attached hydrogens (tertiary/aromatic N) is 1. The van der Waals surface area contributed by atoms with Gasteiger partial charge < -0.3 is 14.4 Å². The average molecular weight is 422 g/mol. The summed E-state index contributed by atoms with van der Waals surface area (Å²) < 4.78 is 11.5. The van der Waals surface area contributed by atoms with E-state index in [9.17, 15) is 4.79 Å². The zero-order valence-electron chi connectivity index (χ0n) is 16.4. The SMILES string of the molecule is CC(C)(C)c1ccc(OCC(=O)N2CCOC(c3cc(Cl)cc(Cl)c3)C2)cc1. The number of benzene rings is 2. The van der Waals surface area contributed by atoms with E-state index in [0.717, 1.165) is 5.56 Å². The number of rotatable bonds is 4. The molecule has 0 spiro atoms. The molecule has 1 heterocycles. The summed E-state index contributed by atoms with van der Waals surface area (Å²) in [6, 6.07) is 13.2. The fourth-order valence-corrected chi connectivity index (χ4v) is 3.67. The molecule has 0 aliphatic carbocycles. The molecule has 1 amide bonds. The van der Waals surface area contributed by atoms with Crippen molar-refractivity contribution in [3.05, 3.63) is 63.6 Å². The van der Waals surface area contributed by atoms with E-state index in [-0.39, 0.29) is 24.0 Å². The number of halogens is 2. The molecule has 0 radical (unpaired) electrons. The topological polar surface area (TPSA) is 38.8 Å². The zero-order chi connectivity index (χ0) is 20.3. The minimum absolute atomic E-state index is 0.00210. The van der Waals surface area contributed by atoms with Crippen molar-refractivity contribution in [1.29, 1.82) is 0 Å². The summed E-state index contributed by atoms with van der Waals surface area (Å²) in [6.45, 7) is 7.92. The predicted molar refractivity (Wildman–Crippen MR) is 112 cm³/mol. The second-order valence-electron chi connectivity index (χ2n) is 7.97. The summed E-state index contributed by atoms with van der Waals surface area (Å²) in [6.07, 6.45) is -0.250. The highest BCUT2D eigenvalue weighted by atomic mass is 35.5. The molecule has 0 saturated carbocycles. The monoisotopic (exact) mass is 421 g/mol. The zero-order valence-corrected chi connectivity index (χ0v) is 17.9. The van der Waals surface area contributed by atoms with Crippen LogP contribution in [-0.4, -0.2) is 37.1 Å². The number of ether oxygens (including phenoxy) is 2. The lowest BCUT2D eigenvalue weighted by molar-refractivity contribution is -0.141. The summed E-state index contributed by atoms with van der Waals surface area (Å²) in [5.74, 6) is 0.620. The van der Waals surface area contributed by atoms with Crippen LogP contribution >= 0.6 is 23.2 Å². The molecule has 1 unspecified atom stereocenters. The molecule has 28 heavy (non-hydrogen) atoms. The van der Waals surface area contributed by atoms with Crippen molar-refractivity contribution in [2.24, 2.45) is 0 Å². The molecule has 1 atom stereocenters. The summed E-state index contributed by atoms with van der Waals surface area (Å²) in [5.41, 5.74) is 2.18. The van der Waals surface area contributed by atoms with Crippen molar-refractivity contribution >= 4 is 29.1 Å². The quantitative estimate of drug-likeness (QED) is 0.674. The Hall–Kier alpha value is -1.75. The van der Waals surface area contributed by atoms with E-state index in [0.29, 0.717) is 35.5 Å². The Morgan fingerprint density at radius 2 is 1.79 bits per heavy atom. The van der Waals surface area contributed by atoms with Crippen LogP contribution in [0.25, 0.3) is 0 Å². The maximum atomic E-state index is 12.6. The van der Waals surface area contributed by atoms with Gasteiger partial charge in [-0.05, 0) is 46.9 Å². The van der Waals surface area contributed by atoms with Gasteiger partial charge in [-0.3, -0.25) is 4.79 Å². The Labute approximate surface area is 176 Å². The lowest BCUT2D eigenvalue weighted by Crippen LogP contribution is -2.44. The van der Waals surface area contributed by atoms with Crippen LogP contribution in [0.15, 0.2) is 42.5 Å². The lowest BCUT2D eigenvalue weighted by atomic mass is 9.87. The van der Waals surface area contributed by atoms with Crippen molar-refractivity contribution in [2.45, 2.75) is 32.3 Å². The van der Waals surface area contributed by atoms with E-state index in [1.807, 2.05) is 36.4 Å². The fraction of sp³-hybridized carbons (Fsp3) is 0.409. The minimum atomic E-state index is -0.250. The maximum absolute atomic E-state index is 12.6. The largest absolute Gasteiger partial charge is 0.484 e. The lowest BCUT2D eigenvalue weighted by Gasteiger charge is -2.33. The first-order valence-corrected chi connectivity index (χ1v) is 10.1. The molecule has 1 saturated heterocycles. The molecule has 3 rings (SSSR count). The second-order valence-corrected chi connectivity index (χ2v) is 8.84. The molecule has 0 aromatic heterocycles.